The van der Waals surface area contributed by atoms with E-state index in [1.807, 2.05) is 6.92 Å². The van der Waals surface area contributed by atoms with Crippen molar-refractivity contribution in [3.63, 3.8) is 0 Å². The fourth-order valence-electron chi connectivity index (χ4n) is 2.29. The average molecular weight is 379 g/mol. The van der Waals surface area contributed by atoms with E-state index in [0.29, 0.717) is 29.9 Å². The highest BCUT2D eigenvalue weighted by Crippen LogP contribution is 2.36. The standard InChI is InChI=1S/C13H19BrN2O4S/c1-9-8-16(5-4-15-9)21(17,18)13-6-10(14)11(19-2)7-12(13)20-3/h6-7,9,15H,4-5,8H2,1-3H3. The number of methoxy groups -OCH3 is 2. The summed E-state index contributed by atoms with van der Waals surface area (Å²) >= 11 is 3.32. The second kappa shape index (κ2) is 6.51. The lowest BCUT2D eigenvalue weighted by atomic mass is 10.3. The van der Waals surface area contributed by atoms with Crippen molar-refractivity contribution in [2.24, 2.45) is 0 Å². The van der Waals surface area contributed by atoms with Gasteiger partial charge in [0.05, 0.1) is 18.7 Å². The van der Waals surface area contributed by atoms with Gasteiger partial charge < -0.3 is 14.8 Å². The van der Waals surface area contributed by atoms with Crippen LogP contribution in [0.15, 0.2) is 21.5 Å². The van der Waals surface area contributed by atoms with Crippen LogP contribution in [0.3, 0.4) is 0 Å². The van der Waals surface area contributed by atoms with E-state index < -0.39 is 10.0 Å². The molecule has 1 atom stereocenters. The Hall–Kier alpha value is -0.830. The third-order valence-electron chi connectivity index (χ3n) is 3.39. The van der Waals surface area contributed by atoms with Gasteiger partial charge in [0.15, 0.2) is 0 Å². The fourth-order valence-corrected chi connectivity index (χ4v) is 4.64. The third-order valence-corrected chi connectivity index (χ3v) is 5.89. The molecule has 1 aliphatic heterocycles. The van der Waals surface area contributed by atoms with E-state index in [-0.39, 0.29) is 16.7 Å². The molecule has 1 unspecified atom stereocenters. The van der Waals surface area contributed by atoms with Gasteiger partial charge in [0.1, 0.15) is 16.4 Å². The van der Waals surface area contributed by atoms with Crippen LogP contribution in [-0.2, 0) is 10.0 Å². The number of hydrogen-bond acceptors (Lipinski definition) is 5. The van der Waals surface area contributed by atoms with Crippen molar-refractivity contribution in [1.29, 1.82) is 0 Å². The predicted octanol–water partition coefficient (Wildman–Crippen LogP) is 1.45. The molecule has 0 amide bonds. The maximum Gasteiger partial charge on any atom is 0.246 e. The van der Waals surface area contributed by atoms with Crippen molar-refractivity contribution in [3.8, 4) is 11.5 Å². The molecule has 1 aromatic carbocycles. The first-order valence-electron chi connectivity index (χ1n) is 6.55. The summed E-state index contributed by atoms with van der Waals surface area (Å²) in [7, 11) is -0.636. The lowest BCUT2D eigenvalue weighted by Crippen LogP contribution is -2.51. The number of nitrogens with zero attached hydrogens (tertiary/aromatic N) is 1. The molecule has 1 saturated heterocycles. The molecule has 1 heterocycles. The quantitative estimate of drug-likeness (QED) is 0.858. The van der Waals surface area contributed by atoms with E-state index in [4.69, 9.17) is 9.47 Å². The van der Waals surface area contributed by atoms with Gasteiger partial charge in [0, 0.05) is 31.7 Å². The van der Waals surface area contributed by atoms with Crippen LogP contribution in [0.2, 0.25) is 0 Å². The molecule has 21 heavy (non-hydrogen) atoms. The van der Waals surface area contributed by atoms with Crippen molar-refractivity contribution in [2.45, 2.75) is 17.9 Å². The highest BCUT2D eigenvalue weighted by atomic mass is 79.9. The van der Waals surface area contributed by atoms with Gasteiger partial charge in [-0.15, -0.1) is 0 Å². The van der Waals surface area contributed by atoms with Crippen molar-refractivity contribution in [3.05, 3.63) is 16.6 Å². The predicted molar refractivity (Wildman–Crippen MR) is 83.5 cm³/mol. The molecule has 1 N–H and O–H groups in total. The van der Waals surface area contributed by atoms with Gasteiger partial charge >= 0.3 is 0 Å². The van der Waals surface area contributed by atoms with Gasteiger partial charge in [0.2, 0.25) is 10.0 Å². The lowest BCUT2D eigenvalue weighted by molar-refractivity contribution is 0.308. The summed E-state index contributed by atoms with van der Waals surface area (Å²) in [4.78, 5) is 0.145. The Bertz CT molecular complexity index is 621. The first kappa shape index (κ1) is 16.5. The summed E-state index contributed by atoms with van der Waals surface area (Å²) in [5.74, 6) is 0.806. The maximum atomic E-state index is 12.8. The van der Waals surface area contributed by atoms with Crippen LogP contribution < -0.4 is 14.8 Å². The summed E-state index contributed by atoms with van der Waals surface area (Å²) in [5, 5.41) is 3.23. The van der Waals surface area contributed by atoms with E-state index in [1.165, 1.54) is 24.6 Å². The molecular weight excluding hydrogens is 360 g/mol. The molecule has 8 heteroatoms. The van der Waals surface area contributed by atoms with E-state index in [0.717, 1.165) is 0 Å². The highest BCUT2D eigenvalue weighted by Gasteiger charge is 2.31. The van der Waals surface area contributed by atoms with Gasteiger partial charge in [-0.05, 0) is 28.9 Å². The van der Waals surface area contributed by atoms with Crippen molar-refractivity contribution in [2.75, 3.05) is 33.9 Å². The summed E-state index contributed by atoms with van der Waals surface area (Å²) in [6, 6.07) is 3.23. The first-order valence-corrected chi connectivity index (χ1v) is 8.78. The Balaban J connectivity index is 2.46. The molecule has 6 nitrogen and oxygen atoms in total. The highest BCUT2D eigenvalue weighted by molar-refractivity contribution is 9.10. The molecule has 1 aromatic rings. The van der Waals surface area contributed by atoms with E-state index >= 15 is 0 Å². The minimum absolute atomic E-state index is 0.126. The summed E-state index contributed by atoms with van der Waals surface area (Å²) in [5.41, 5.74) is 0. The summed E-state index contributed by atoms with van der Waals surface area (Å²) < 4.78 is 38.1. The number of benzene rings is 1. The van der Waals surface area contributed by atoms with Crippen molar-refractivity contribution < 1.29 is 17.9 Å². The Morgan fingerprint density at radius 1 is 1.29 bits per heavy atom. The number of rotatable bonds is 4. The van der Waals surface area contributed by atoms with Gasteiger partial charge in [-0.1, -0.05) is 0 Å². The number of nitrogens with one attached hydrogen (secondary N) is 1. The monoisotopic (exact) mass is 378 g/mol. The topological polar surface area (TPSA) is 67.9 Å². The Morgan fingerprint density at radius 2 is 1.95 bits per heavy atom. The van der Waals surface area contributed by atoms with Gasteiger partial charge in [-0.3, -0.25) is 0 Å². The van der Waals surface area contributed by atoms with Crippen LogP contribution in [0.5, 0.6) is 11.5 Å². The third kappa shape index (κ3) is 3.33. The zero-order valence-electron chi connectivity index (χ0n) is 12.2. The molecule has 0 bridgehead atoms. The molecule has 0 aliphatic carbocycles. The second-order valence-corrected chi connectivity index (χ2v) is 7.62. The van der Waals surface area contributed by atoms with Crippen LogP contribution in [0, 0.1) is 0 Å². The summed E-state index contributed by atoms with van der Waals surface area (Å²) in [6.45, 7) is 3.48. The molecule has 0 aromatic heterocycles. The fraction of sp³-hybridized carbons (Fsp3) is 0.538. The van der Waals surface area contributed by atoms with Crippen LogP contribution in [0.1, 0.15) is 6.92 Å². The van der Waals surface area contributed by atoms with Crippen LogP contribution >= 0.6 is 15.9 Å². The van der Waals surface area contributed by atoms with Crippen LogP contribution in [0.25, 0.3) is 0 Å². The molecule has 1 fully saturated rings. The second-order valence-electron chi connectivity index (χ2n) is 4.86. The van der Waals surface area contributed by atoms with Crippen molar-refractivity contribution >= 4 is 26.0 Å². The average Bonchev–Trinajstić information content (AvgIpc) is 2.47. The van der Waals surface area contributed by atoms with E-state index in [2.05, 4.69) is 21.2 Å². The number of ether oxygens (including phenoxy) is 2. The molecule has 0 radical (unpaired) electrons. The number of sulfonamides is 1. The van der Waals surface area contributed by atoms with Crippen LogP contribution in [-0.4, -0.2) is 52.6 Å². The lowest BCUT2D eigenvalue weighted by Gasteiger charge is -2.31. The maximum absolute atomic E-state index is 12.8. The first-order chi connectivity index (χ1) is 9.90. The zero-order chi connectivity index (χ0) is 15.6. The number of piperazine rings is 1. The Morgan fingerprint density at radius 3 is 2.52 bits per heavy atom. The smallest absolute Gasteiger partial charge is 0.246 e. The van der Waals surface area contributed by atoms with Gasteiger partial charge in [-0.25, -0.2) is 8.42 Å². The molecule has 118 valence electrons. The molecule has 2 rings (SSSR count). The Kier molecular flexibility index (Phi) is 5.13. The number of hydrogen-bond donors (Lipinski definition) is 1. The minimum Gasteiger partial charge on any atom is -0.495 e. The molecular formula is C13H19BrN2O4S. The largest absolute Gasteiger partial charge is 0.495 e. The SMILES string of the molecule is COc1cc(OC)c(S(=O)(=O)N2CCNC(C)C2)cc1Br. The summed E-state index contributed by atoms with van der Waals surface area (Å²) in [6.07, 6.45) is 0. The van der Waals surface area contributed by atoms with Crippen molar-refractivity contribution in [1.82, 2.24) is 9.62 Å². The molecule has 0 spiro atoms. The van der Waals surface area contributed by atoms with E-state index in [9.17, 15) is 8.42 Å². The number of halogens is 1. The normalized spacial score (nSPS) is 20.3. The zero-order valence-corrected chi connectivity index (χ0v) is 14.6. The van der Waals surface area contributed by atoms with Gasteiger partial charge in [-0.2, -0.15) is 4.31 Å². The van der Waals surface area contributed by atoms with Crippen LogP contribution in [0.4, 0.5) is 0 Å². The van der Waals surface area contributed by atoms with E-state index in [1.54, 1.807) is 6.07 Å². The van der Waals surface area contributed by atoms with Gasteiger partial charge in [0.25, 0.3) is 0 Å². The minimum atomic E-state index is -3.60. The molecule has 1 aliphatic rings. The Labute approximate surface area is 133 Å². The molecule has 0 saturated carbocycles.